The van der Waals surface area contributed by atoms with Crippen LogP contribution in [0, 0.1) is 11.3 Å². The number of aromatic carboxylic acids is 1. The summed E-state index contributed by atoms with van der Waals surface area (Å²) in [6.45, 7) is 0. The molecule has 0 fully saturated rings. The average Bonchev–Trinajstić information content (AvgIpc) is 2.84. The number of alkyl halides is 3. The molecule has 0 aliphatic rings. The van der Waals surface area contributed by atoms with Gasteiger partial charge in [0.2, 0.25) is 5.95 Å². The second kappa shape index (κ2) is 4.65. The molecule has 2 rings (SSSR count). The number of carboxylic acids is 1. The Morgan fingerprint density at radius 2 is 2.10 bits per heavy atom. The molecule has 9 heteroatoms. The number of rotatable bonds is 2. The molecule has 20 heavy (non-hydrogen) atoms. The molecule has 2 aromatic rings. The quantitative estimate of drug-likeness (QED) is 0.907. The molecule has 0 atom stereocenters. The molecule has 0 bridgehead atoms. The van der Waals surface area contributed by atoms with E-state index < -0.39 is 23.3 Å². The van der Waals surface area contributed by atoms with Crippen LogP contribution in [0.25, 0.3) is 5.95 Å². The maximum atomic E-state index is 12.7. The number of nitriles is 1. The van der Waals surface area contributed by atoms with Crippen molar-refractivity contribution in [1.82, 2.24) is 14.5 Å². The van der Waals surface area contributed by atoms with Crippen LogP contribution in [0.3, 0.4) is 0 Å². The first kappa shape index (κ1) is 13.5. The van der Waals surface area contributed by atoms with Crippen LogP contribution in [0.5, 0.6) is 0 Å². The van der Waals surface area contributed by atoms with E-state index >= 15 is 0 Å². The highest BCUT2D eigenvalue weighted by atomic mass is 19.4. The molecule has 1 N–H and O–H groups in total. The van der Waals surface area contributed by atoms with Gasteiger partial charge in [-0.3, -0.25) is 4.57 Å². The van der Waals surface area contributed by atoms with Crippen LogP contribution in [-0.2, 0) is 6.18 Å². The zero-order valence-corrected chi connectivity index (χ0v) is 9.59. The second-order valence-corrected chi connectivity index (χ2v) is 3.65. The molecule has 0 saturated heterocycles. The normalized spacial score (nSPS) is 11.1. The Kier molecular flexibility index (Phi) is 3.15. The van der Waals surface area contributed by atoms with Crippen LogP contribution in [0.1, 0.15) is 21.6 Å². The topological polar surface area (TPSA) is 91.8 Å². The molecular formula is C11H5F3N4O2. The molecule has 0 amide bonds. The summed E-state index contributed by atoms with van der Waals surface area (Å²) in [5.41, 5.74) is -2.27. The van der Waals surface area contributed by atoms with E-state index in [1.807, 2.05) is 0 Å². The van der Waals surface area contributed by atoms with Gasteiger partial charge in [0.25, 0.3) is 0 Å². The Labute approximate surface area is 109 Å². The third kappa shape index (κ3) is 2.44. The van der Waals surface area contributed by atoms with Crippen molar-refractivity contribution in [2.75, 3.05) is 0 Å². The fraction of sp³-hybridized carbons (Fsp3) is 0.0909. The van der Waals surface area contributed by atoms with E-state index in [2.05, 4.69) is 9.97 Å². The van der Waals surface area contributed by atoms with Crippen molar-refractivity contribution in [1.29, 1.82) is 5.26 Å². The van der Waals surface area contributed by atoms with E-state index in [4.69, 9.17) is 10.4 Å². The van der Waals surface area contributed by atoms with Crippen molar-refractivity contribution >= 4 is 5.97 Å². The van der Waals surface area contributed by atoms with Crippen molar-refractivity contribution in [2.24, 2.45) is 0 Å². The lowest BCUT2D eigenvalue weighted by Crippen LogP contribution is -2.09. The minimum absolute atomic E-state index is 0.0471. The molecule has 0 aromatic carbocycles. The number of hydrogen-bond donors (Lipinski definition) is 1. The molecule has 2 aromatic heterocycles. The van der Waals surface area contributed by atoms with E-state index in [1.165, 1.54) is 12.3 Å². The molecule has 102 valence electrons. The van der Waals surface area contributed by atoms with E-state index in [0.29, 0.717) is 6.20 Å². The Morgan fingerprint density at radius 1 is 1.40 bits per heavy atom. The van der Waals surface area contributed by atoms with E-state index in [-0.39, 0.29) is 11.6 Å². The minimum Gasteiger partial charge on any atom is -0.478 e. The van der Waals surface area contributed by atoms with Crippen LogP contribution in [0.15, 0.2) is 24.7 Å². The van der Waals surface area contributed by atoms with Gasteiger partial charge in [-0.05, 0) is 6.07 Å². The van der Waals surface area contributed by atoms with E-state index in [0.717, 1.165) is 10.8 Å². The van der Waals surface area contributed by atoms with E-state index in [9.17, 15) is 18.0 Å². The predicted octanol–water partition coefficient (Wildman–Crippen LogP) is 1.86. The summed E-state index contributed by atoms with van der Waals surface area (Å²) in [6.07, 6.45) is -2.30. The molecule has 0 radical (unpaired) electrons. The lowest BCUT2D eigenvalue weighted by Gasteiger charge is -2.04. The van der Waals surface area contributed by atoms with E-state index in [1.54, 1.807) is 6.07 Å². The van der Waals surface area contributed by atoms with Gasteiger partial charge in [0.05, 0.1) is 11.1 Å². The fourth-order valence-electron chi connectivity index (χ4n) is 1.50. The van der Waals surface area contributed by atoms with Gasteiger partial charge in [0.1, 0.15) is 11.8 Å². The molecule has 0 saturated carbocycles. The van der Waals surface area contributed by atoms with Gasteiger partial charge in [-0.2, -0.15) is 18.4 Å². The van der Waals surface area contributed by atoms with Crippen LogP contribution < -0.4 is 0 Å². The molecule has 0 unspecified atom stereocenters. The predicted molar refractivity (Wildman–Crippen MR) is 58.0 cm³/mol. The summed E-state index contributed by atoms with van der Waals surface area (Å²) in [6, 6.07) is 2.98. The first-order valence-electron chi connectivity index (χ1n) is 5.09. The summed E-state index contributed by atoms with van der Waals surface area (Å²) >= 11 is 0. The lowest BCUT2D eigenvalue weighted by atomic mass is 10.2. The number of hydrogen-bond acceptors (Lipinski definition) is 4. The van der Waals surface area contributed by atoms with Crippen molar-refractivity contribution in [2.45, 2.75) is 6.18 Å². The standard InChI is InChI=1S/C11H5F3N4O2/c12-11(13,14)8-5-18(4-7(8)9(19)20)10-16-2-1-6(3-15)17-10/h1-2,4-5H,(H,19,20). The molecular weight excluding hydrogens is 277 g/mol. The highest BCUT2D eigenvalue weighted by Gasteiger charge is 2.37. The Bertz CT molecular complexity index is 715. The Morgan fingerprint density at radius 3 is 2.60 bits per heavy atom. The third-order valence-electron chi connectivity index (χ3n) is 2.35. The van der Waals surface area contributed by atoms with Crippen molar-refractivity contribution in [3.05, 3.63) is 41.5 Å². The van der Waals surface area contributed by atoms with Gasteiger partial charge in [0.15, 0.2) is 0 Å². The monoisotopic (exact) mass is 282 g/mol. The number of carbonyl (C=O) groups is 1. The SMILES string of the molecule is N#Cc1ccnc(-n2cc(C(=O)O)c(C(F)(F)F)c2)n1. The number of halogens is 3. The first-order valence-corrected chi connectivity index (χ1v) is 5.09. The maximum Gasteiger partial charge on any atom is 0.418 e. The van der Waals surface area contributed by atoms with Gasteiger partial charge in [0, 0.05) is 18.6 Å². The minimum atomic E-state index is -4.81. The summed E-state index contributed by atoms with van der Waals surface area (Å²) in [5.74, 6) is -1.94. The lowest BCUT2D eigenvalue weighted by molar-refractivity contribution is -0.138. The molecule has 2 heterocycles. The maximum absolute atomic E-state index is 12.7. The third-order valence-corrected chi connectivity index (χ3v) is 2.35. The molecule has 0 aliphatic carbocycles. The van der Waals surface area contributed by atoms with Gasteiger partial charge in [-0.1, -0.05) is 0 Å². The largest absolute Gasteiger partial charge is 0.478 e. The Balaban J connectivity index is 2.59. The summed E-state index contributed by atoms with van der Waals surface area (Å²) in [4.78, 5) is 18.2. The first-order chi connectivity index (χ1) is 9.32. The Hall–Kier alpha value is -2.89. The van der Waals surface area contributed by atoms with Crippen LogP contribution in [0.4, 0.5) is 13.2 Å². The van der Waals surface area contributed by atoms with Gasteiger partial charge < -0.3 is 5.11 Å². The average molecular weight is 282 g/mol. The summed E-state index contributed by atoms with van der Waals surface area (Å²) < 4.78 is 39.0. The zero-order valence-electron chi connectivity index (χ0n) is 9.59. The van der Waals surface area contributed by atoms with Gasteiger partial charge >= 0.3 is 12.1 Å². The number of carboxylic acid groups (broad SMARTS) is 1. The van der Waals surface area contributed by atoms with Crippen LogP contribution >= 0.6 is 0 Å². The molecule has 6 nitrogen and oxygen atoms in total. The van der Waals surface area contributed by atoms with Gasteiger partial charge in [-0.25, -0.2) is 14.8 Å². The fourth-order valence-corrected chi connectivity index (χ4v) is 1.50. The highest BCUT2D eigenvalue weighted by Crippen LogP contribution is 2.33. The zero-order chi connectivity index (χ0) is 14.9. The molecule has 0 spiro atoms. The smallest absolute Gasteiger partial charge is 0.418 e. The number of nitrogens with zero attached hydrogens (tertiary/aromatic N) is 4. The summed E-state index contributed by atoms with van der Waals surface area (Å²) in [7, 11) is 0. The molecule has 0 aliphatic heterocycles. The van der Waals surface area contributed by atoms with Crippen LogP contribution in [-0.4, -0.2) is 25.6 Å². The van der Waals surface area contributed by atoms with Crippen molar-refractivity contribution in [3.8, 4) is 12.0 Å². The van der Waals surface area contributed by atoms with Crippen molar-refractivity contribution < 1.29 is 23.1 Å². The summed E-state index contributed by atoms with van der Waals surface area (Å²) in [5, 5.41) is 17.4. The van der Waals surface area contributed by atoms with Gasteiger partial charge in [-0.15, -0.1) is 0 Å². The van der Waals surface area contributed by atoms with Crippen LogP contribution in [0.2, 0.25) is 0 Å². The highest BCUT2D eigenvalue weighted by molar-refractivity contribution is 5.89. The number of aromatic nitrogens is 3. The second-order valence-electron chi connectivity index (χ2n) is 3.65. The van der Waals surface area contributed by atoms with Crippen molar-refractivity contribution in [3.63, 3.8) is 0 Å².